The van der Waals surface area contributed by atoms with Crippen LogP contribution >= 0.6 is 0 Å². The molecule has 0 unspecified atom stereocenters. The smallest absolute Gasteiger partial charge is 0.309 e. The lowest BCUT2D eigenvalue weighted by Crippen LogP contribution is -2.34. The maximum absolute atomic E-state index is 12.1. The van der Waals surface area contributed by atoms with Crippen LogP contribution in [0.4, 0.5) is 11.4 Å². The molecule has 0 saturated heterocycles. The highest BCUT2D eigenvalue weighted by molar-refractivity contribution is 5.96. The van der Waals surface area contributed by atoms with Crippen LogP contribution in [-0.4, -0.2) is 30.0 Å². The highest BCUT2D eigenvalue weighted by Gasteiger charge is 2.29. The number of amides is 1. The van der Waals surface area contributed by atoms with E-state index in [1.54, 1.807) is 0 Å². The molecule has 124 valence electrons. The van der Waals surface area contributed by atoms with E-state index in [4.69, 9.17) is 9.47 Å². The third-order valence-electron chi connectivity index (χ3n) is 3.75. The summed E-state index contributed by atoms with van der Waals surface area (Å²) in [5.74, 6) is -0.805. The van der Waals surface area contributed by atoms with Crippen LogP contribution < -0.4 is 10.1 Å². The van der Waals surface area contributed by atoms with Crippen molar-refractivity contribution < 1.29 is 24.0 Å². The van der Waals surface area contributed by atoms with Gasteiger partial charge >= 0.3 is 5.97 Å². The van der Waals surface area contributed by atoms with Gasteiger partial charge in [0, 0.05) is 12.1 Å². The zero-order chi connectivity index (χ0) is 17.0. The number of hydrogen-bond donors (Lipinski definition) is 1. The molecule has 1 aliphatic rings. The maximum atomic E-state index is 12.1. The van der Waals surface area contributed by atoms with Crippen LogP contribution in [-0.2, 0) is 14.3 Å². The Morgan fingerprint density at radius 1 is 1.39 bits per heavy atom. The summed E-state index contributed by atoms with van der Waals surface area (Å²) >= 11 is 0. The van der Waals surface area contributed by atoms with Gasteiger partial charge in [-0.15, -0.1) is 0 Å². The largest absolute Gasteiger partial charge is 0.495 e. The highest BCUT2D eigenvalue weighted by Crippen LogP contribution is 2.30. The molecule has 1 saturated carbocycles. The number of nitro groups is 1. The van der Waals surface area contributed by atoms with Crippen LogP contribution in [0.5, 0.6) is 5.75 Å². The zero-order valence-electron chi connectivity index (χ0n) is 12.9. The third kappa shape index (κ3) is 3.97. The lowest BCUT2D eigenvalue weighted by molar-refractivity contribution is -0.384. The van der Waals surface area contributed by atoms with E-state index < -0.39 is 16.9 Å². The lowest BCUT2D eigenvalue weighted by Gasteiger charge is -2.25. The van der Waals surface area contributed by atoms with E-state index in [-0.39, 0.29) is 29.0 Å². The van der Waals surface area contributed by atoms with Gasteiger partial charge in [0.15, 0.2) is 6.10 Å². The topological polar surface area (TPSA) is 108 Å². The fraction of sp³-hybridized carbons (Fsp3) is 0.467. The average Bonchev–Trinajstić information content (AvgIpc) is 2.44. The monoisotopic (exact) mass is 322 g/mol. The van der Waals surface area contributed by atoms with Gasteiger partial charge < -0.3 is 14.8 Å². The first-order chi connectivity index (χ1) is 10.9. The Balaban J connectivity index is 2.04. The van der Waals surface area contributed by atoms with E-state index in [1.807, 2.05) is 0 Å². The van der Waals surface area contributed by atoms with Crippen LogP contribution in [0.1, 0.15) is 26.2 Å². The number of anilines is 1. The second kappa shape index (κ2) is 7.08. The van der Waals surface area contributed by atoms with Gasteiger partial charge in [-0.3, -0.25) is 19.7 Å². The summed E-state index contributed by atoms with van der Waals surface area (Å²) < 4.78 is 10.2. The molecule has 1 aromatic rings. The van der Waals surface area contributed by atoms with Gasteiger partial charge in [0.1, 0.15) is 5.75 Å². The standard InChI is InChI=1S/C15H18N2O6/c1-9(23-15(19)10-4-3-5-10)14(18)16-12-8-11(17(20)21)6-7-13(12)22-2/h6-10H,3-5H2,1-2H3,(H,16,18)/t9-/m1/s1. The van der Waals surface area contributed by atoms with Gasteiger partial charge in [-0.05, 0) is 25.8 Å². The molecular weight excluding hydrogens is 304 g/mol. The molecule has 1 aromatic carbocycles. The van der Waals surface area contributed by atoms with Crippen LogP contribution in [0.3, 0.4) is 0 Å². The molecule has 2 rings (SSSR count). The van der Waals surface area contributed by atoms with E-state index >= 15 is 0 Å². The van der Waals surface area contributed by atoms with Crippen molar-refractivity contribution in [2.24, 2.45) is 5.92 Å². The molecule has 1 amide bonds. The molecule has 23 heavy (non-hydrogen) atoms. The van der Waals surface area contributed by atoms with Crippen molar-refractivity contribution in [2.45, 2.75) is 32.3 Å². The summed E-state index contributed by atoms with van der Waals surface area (Å²) in [4.78, 5) is 34.1. The molecule has 0 aliphatic heterocycles. The first kappa shape index (κ1) is 16.7. The number of esters is 1. The summed E-state index contributed by atoms with van der Waals surface area (Å²) in [5, 5.41) is 13.3. The quantitative estimate of drug-likeness (QED) is 0.489. The first-order valence-corrected chi connectivity index (χ1v) is 7.26. The number of non-ortho nitro benzene ring substituents is 1. The van der Waals surface area contributed by atoms with Gasteiger partial charge in [-0.25, -0.2) is 0 Å². The molecule has 8 heteroatoms. The molecule has 1 aliphatic carbocycles. The summed E-state index contributed by atoms with van der Waals surface area (Å²) in [6.45, 7) is 1.45. The predicted molar refractivity (Wildman–Crippen MR) is 81.2 cm³/mol. The van der Waals surface area contributed by atoms with Crippen LogP contribution in [0.25, 0.3) is 0 Å². The number of carbonyl (C=O) groups excluding carboxylic acids is 2. The molecule has 0 aromatic heterocycles. The fourth-order valence-electron chi connectivity index (χ4n) is 2.11. The summed E-state index contributed by atoms with van der Waals surface area (Å²) in [6.07, 6.45) is 1.57. The number of methoxy groups -OCH3 is 1. The van der Waals surface area contributed by atoms with Crippen molar-refractivity contribution in [1.82, 2.24) is 0 Å². The van der Waals surface area contributed by atoms with Gasteiger partial charge in [-0.2, -0.15) is 0 Å². The van der Waals surface area contributed by atoms with E-state index in [0.717, 1.165) is 19.3 Å². The van der Waals surface area contributed by atoms with Crippen molar-refractivity contribution in [1.29, 1.82) is 0 Å². The van der Waals surface area contributed by atoms with Gasteiger partial charge in [0.25, 0.3) is 11.6 Å². The van der Waals surface area contributed by atoms with E-state index in [1.165, 1.54) is 32.2 Å². The van der Waals surface area contributed by atoms with E-state index in [2.05, 4.69) is 5.32 Å². The van der Waals surface area contributed by atoms with Crippen molar-refractivity contribution in [3.8, 4) is 5.75 Å². The van der Waals surface area contributed by atoms with Gasteiger partial charge in [0.05, 0.1) is 23.6 Å². The molecule has 1 atom stereocenters. The number of hydrogen-bond acceptors (Lipinski definition) is 6. The van der Waals surface area contributed by atoms with Crippen molar-refractivity contribution in [2.75, 3.05) is 12.4 Å². The predicted octanol–water partition coefficient (Wildman–Crippen LogP) is 2.27. The summed E-state index contributed by atoms with van der Waals surface area (Å²) in [6, 6.07) is 3.85. The molecule has 0 radical (unpaired) electrons. The number of benzene rings is 1. The van der Waals surface area contributed by atoms with Crippen LogP contribution in [0, 0.1) is 16.0 Å². The molecule has 1 fully saturated rings. The number of nitrogens with zero attached hydrogens (tertiary/aromatic N) is 1. The van der Waals surface area contributed by atoms with Gasteiger partial charge in [-0.1, -0.05) is 6.42 Å². The van der Waals surface area contributed by atoms with Crippen molar-refractivity contribution >= 4 is 23.3 Å². The normalized spacial score (nSPS) is 15.2. The minimum atomic E-state index is -0.993. The Morgan fingerprint density at radius 3 is 2.61 bits per heavy atom. The molecule has 0 bridgehead atoms. The summed E-state index contributed by atoms with van der Waals surface area (Å²) in [5.41, 5.74) is -0.0292. The Bertz CT molecular complexity index is 626. The van der Waals surface area contributed by atoms with Crippen LogP contribution in [0.15, 0.2) is 18.2 Å². The van der Waals surface area contributed by atoms with E-state index in [0.29, 0.717) is 0 Å². The number of nitro benzene ring substituents is 1. The Labute approximate surface area is 132 Å². The maximum Gasteiger partial charge on any atom is 0.309 e. The number of ether oxygens (including phenoxy) is 2. The van der Waals surface area contributed by atoms with Gasteiger partial charge in [0.2, 0.25) is 0 Å². The Kier molecular flexibility index (Phi) is 5.15. The third-order valence-corrected chi connectivity index (χ3v) is 3.75. The highest BCUT2D eigenvalue weighted by atomic mass is 16.6. The van der Waals surface area contributed by atoms with Crippen LogP contribution in [0.2, 0.25) is 0 Å². The minimum Gasteiger partial charge on any atom is -0.495 e. The second-order valence-electron chi connectivity index (χ2n) is 5.34. The lowest BCUT2D eigenvalue weighted by atomic mass is 9.86. The van der Waals surface area contributed by atoms with Crippen molar-refractivity contribution in [3.05, 3.63) is 28.3 Å². The van der Waals surface area contributed by atoms with Crippen molar-refractivity contribution in [3.63, 3.8) is 0 Å². The number of carbonyl (C=O) groups is 2. The fourth-order valence-corrected chi connectivity index (χ4v) is 2.11. The molecular formula is C15H18N2O6. The Hall–Kier alpha value is -2.64. The number of rotatable bonds is 6. The zero-order valence-corrected chi connectivity index (χ0v) is 12.9. The molecule has 0 heterocycles. The second-order valence-corrected chi connectivity index (χ2v) is 5.34. The molecule has 0 spiro atoms. The average molecular weight is 322 g/mol. The SMILES string of the molecule is COc1ccc([N+](=O)[O-])cc1NC(=O)[C@@H](C)OC(=O)C1CCC1. The first-order valence-electron chi connectivity index (χ1n) is 7.26. The molecule has 8 nitrogen and oxygen atoms in total. The minimum absolute atomic E-state index is 0.127. The van der Waals surface area contributed by atoms with E-state index in [9.17, 15) is 19.7 Å². The number of nitrogens with one attached hydrogen (secondary N) is 1. The molecule has 1 N–H and O–H groups in total. The Morgan fingerprint density at radius 2 is 2.09 bits per heavy atom. The summed E-state index contributed by atoms with van der Waals surface area (Å²) in [7, 11) is 1.39.